The van der Waals surface area contributed by atoms with Crippen LogP contribution in [0.1, 0.15) is 11.6 Å². The molecule has 2 rings (SSSR count). The Bertz CT molecular complexity index is 610. The molecule has 0 aliphatic heterocycles. The quantitative estimate of drug-likeness (QED) is 0.903. The minimum Gasteiger partial charge on any atom is -0.322 e. The highest BCUT2D eigenvalue weighted by Crippen LogP contribution is 2.17. The summed E-state index contributed by atoms with van der Waals surface area (Å²) in [7, 11) is 0. The highest BCUT2D eigenvalue weighted by atomic mass is 19.1. The van der Waals surface area contributed by atoms with Crippen LogP contribution in [-0.2, 0) is 6.54 Å². The Kier molecular flexibility index (Phi) is 3.53. The molecular weight excluding hydrogens is 238 g/mol. The normalized spacial score (nSPS) is 12.4. The fourth-order valence-corrected chi connectivity index (χ4v) is 1.72. The van der Waals surface area contributed by atoms with Crippen molar-refractivity contribution in [2.24, 2.45) is 5.73 Å². The van der Waals surface area contributed by atoms with Crippen LogP contribution in [0, 0.1) is 11.6 Å². The van der Waals surface area contributed by atoms with Gasteiger partial charge in [-0.15, -0.1) is 0 Å². The van der Waals surface area contributed by atoms with Crippen LogP contribution in [0.5, 0.6) is 0 Å². The van der Waals surface area contributed by atoms with Crippen molar-refractivity contribution in [1.29, 1.82) is 0 Å². The van der Waals surface area contributed by atoms with Crippen molar-refractivity contribution in [3.05, 3.63) is 70.1 Å². The number of aromatic nitrogens is 1. The third-order valence-electron chi connectivity index (χ3n) is 2.65. The van der Waals surface area contributed by atoms with Crippen molar-refractivity contribution in [3.63, 3.8) is 0 Å². The molecule has 1 heterocycles. The topological polar surface area (TPSA) is 48.0 Å². The lowest BCUT2D eigenvalue weighted by atomic mass is 10.1. The number of halogens is 2. The molecule has 5 heteroatoms. The first-order valence-corrected chi connectivity index (χ1v) is 5.44. The van der Waals surface area contributed by atoms with Crippen LogP contribution in [-0.4, -0.2) is 4.57 Å². The van der Waals surface area contributed by atoms with Crippen molar-refractivity contribution in [3.8, 4) is 0 Å². The summed E-state index contributed by atoms with van der Waals surface area (Å²) in [6.07, 6.45) is 1.57. The first-order chi connectivity index (χ1) is 8.58. The van der Waals surface area contributed by atoms with Crippen molar-refractivity contribution in [2.45, 2.75) is 12.6 Å². The molecular formula is C13H12F2N2O. The Morgan fingerprint density at radius 1 is 1.22 bits per heavy atom. The summed E-state index contributed by atoms with van der Waals surface area (Å²) in [6.45, 7) is 0.141. The average Bonchev–Trinajstić information content (AvgIpc) is 2.32. The molecule has 1 atom stereocenters. The Labute approximate surface area is 102 Å². The molecule has 0 aliphatic rings. The number of nitrogens with zero attached hydrogens (tertiary/aromatic N) is 1. The summed E-state index contributed by atoms with van der Waals surface area (Å²) in [6, 6.07) is 7.22. The lowest BCUT2D eigenvalue weighted by Gasteiger charge is -2.14. The highest BCUT2D eigenvalue weighted by molar-refractivity contribution is 5.21. The number of rotatable bonds is 3. The molecule has 0 bridgehead atoms. The van der Waals surface area contributed by atoms with E-state index in [-0.39, 0.29) is 17.7 Å². The van der Waals surface area contributed by atoms with Gasteiger partial charge in [0.2, 0.25) is 0 Å². The van der Waals surface area contributed by atoms with Crippen LogP contribution in [0.25, 0.3) is 0 Å². The van der Waals surface area contributed by atoms with E-state index in [4.69, 9.17) is 5.73 Å². The summed E-state index contributed by atoms with van der Waals surface area (Å²) in [5.41, 5.74) is 5.80. The molecule has 18 heavy (non-hydrogen) atoms. The number of nitrogens with two attached hydrogens (primary N) is 1. The van der Waals surface area contributed by atoms with Crippen LogP contribution in [0.2, 0.25) is 0 Å². The van der Waals surface area contributed by atoms with Gasteiger partial charge in [0.15, 0.2) is 0 Å². The van der Waals surface area contributed by atoms with E-state index in [1.165, 1.54) is 16.7 Å². The Morgan fingerprint density at radius 3 is 2.67 bits per heavy atom. The highest BCUT2D eigenvalue weighted by Gasteiger charge is 2.13. The van der Waals surface area contributed by atoms with E-state index in [1.807, 2.05) is 0 Å². The van der Waals surface area contributed by atoms with E-state index in [9.17, 15) is 13.6 Å². The molecule has 1 unspecified atom stereocenters. The molecule has 0 aliphatic carbocycles. The second-order valence-corrected chi connectivity index (χ2v) is 3.96. The maximum Gasteiger partial charge on any atom is 0.250 e. The molecule has 2 N–H and O–H groups in total. The van der Waals surface area contributed by atoms with Crippen LogP contribution >= 0.6 is 0 Å². The molecule has 0 radical (unpaired) electrons. The second-order valence-electron chi connectivity index (χ2n) is 3.96. The van der Waals surface area contributed by atoms with Gasteiger partial charge < -0.3 is 10.3 Å². The monoisotopic (exact) mass is 250 g/mol. The Balaban J connectivity index is 2.25. The zero-order valence-electron chi connectivity index (χ0n) is 9.51. The van der Waals surface area contributed by atoms with Gasteiger partial charge in [-0.25, -0.2) is 8.78 Å². The molecule has 1 aromatic carbocycles. The number of hydrogen-bond donors (Lipinski definition) is 1. The van der Waals surface area contributed by atoms with Gasteiger partial charge in [0.05, 0.1) is 6.04 Å². The SMILES string of the molecule is NC(Cn1ccccc1=O)c1ccc(F)cc1F. The van der Waals surface area contributed by atoms with E-state index >= 15 is 0 Å². The molecule has 2 aromatic rings. The number of pyridine rings is 1. The lowest BCUT2D eigenvalue weighted by Crippen LogP contribution is -2.26. The standard InChI is InChI=1S/C13H12F2N2O/c14-9-4-5-10(11(15)7-9)12(16)8-17-6-2-1-3-13(17)18/h1-7,12H,8,16H2. The fraction of sp³-hybridized carbons (Fsp3) is 0.154. The molecule has 3 nitrogen and oxygen atoms in total. The third-order valence-corrected chi connectivity index (χ3v) is 2.65. The van der Waals surface area contributed by atoms with Crippen molar-refractivity contribution < 1.29 is 8.78 Å². The number of hydrogen-bond acceptors (Lipinski definition) is 2. The summed E-state index contributed by atoms with van der Waals surface area (Å²) in [5, 5.41) is 0. The molecule has 0 saturated heterocycles. The smallest absolute Gasteiger partial charge is 0.250 e. The maximum atomic E-state index is 13.5. The third kappa shape index (κ3) is 2.62. The summed E-state index contributed by atoms with van der Waals surface area (Å²) in [5.74, 6) is -1.35. The minimum absolute atomic E-state index is 0.141. The summed E-state index contributed by atoms with van der Waals surface area (Å²) in [4.78, 5) is 11.5. The average molecular weight is 250 g/mol. The Morgan fingerprint density at radius 2 is 2.00 bits per heavy atom. The van der Waals surface area contributed by atoms with Crippen LogP contribution in [0.3, 0.4) is 0 Å². The van der Waals surface area contributed by atoms with Gasteiger partial charge in [-0.05, 0) is 12.1 Å². The van der Waals surface area contributed by atoms with Crippen LogP contribution in [0.4, 0.5) is 8.78 Å². The zero-order chi connectivity index (χ0) is 13.1. The fourth-order valence-electron chi connectivity index (χ4n) is 1.72. The lowest BCUT2D eigenvalue weighted by molar-refractivity contribution is 0.514. The maximum absolute atomic E-state index is 13.5. The van der Waals surface area contributed by atoms with Gasteiger partial charge >= 0.3 is 0 Å². The van der Waals surface area contributed by atoms with Gasteiger partial charge in [0.1, 0.15) is 11.6 Å². The zero-order valence-corrected chi connectivity index (χ0v) is 9.51. The molecule has 94 valence electrons. The summed E-state index contributed by atoms with van der Waals surface area (Å²) < 4.78 is 27.6. The minimum atomic E-state index is -0.703. The van der Waals surface area contributed by atoms with Crippen molar-refractivity contribution in [2.75, 3.05) is 0 Å². The van der Waals surface area contributed by atoms with Crippen molar-refractivity contribution in [1.82, 2.24) is 4.57 Å². The molecule has 0 fully saturated rings. The molecule has 1 aromatic heterocycles. The summed E-state index contributed by atoms with van der Waals surface area (Å²) >= 11 is 0. The largest absolute Gasteiger partial charge is 0.322 e. The van der Waals surface area contributed by atoms with Crippen molar-refractivity contribution >= 4 is 0 Å². The van der Waals surface area contributed by atoms with Gasteiger partial charge in [0.25, 0.3) is 5.56 Å². The van der Waals surface area contributed by atoms with E-state index in [0.717, 1.165) is 12.1 Å². The van der Waals surface area contributed by atoms with E-state index < -0.39 is 17.7 Å². The molecule has 0 spiro atoms. The van der Waals surface area contributed by atoms with Gasteiger partial charge in [-0.2, -0.15) is 0 Å². The van der Waals surface area contributed by atoms with Gasteiger partial charge in [-0.3, -0.25) is 4.79 Å². The predicted octanol–water partition coefficient (Wildman–Crippen LogP) is 1.83. The van der Waals surface area contributed by atoms with Crippen LogP contribution < -0.4 is 11.3 Å². The van der Waals surface area contributed by atoms with E-state index in [2.05, 4.69) is 0 Å². The van der Waals surface area contributed by atoms with E-state index in [0.29, 0.717) is 0 Å². The second kappa shape index (κ2) is 5.10. The number of benzene rings is 1. The molecule has 0 saturated carbocycles. The van der Waals surface area contributed by atoms with Crippen LogP contribution in [0.15, 0.2) is 47.4 Å². The first-order valence-electron chi connectivity index (χ1n) is 5.44. The molecule has 0 amide bonds. The van der Waals surface area contributed by atoms with Gasteiger partial charge in [-0.1, -0.05) is 12.1 Å². The predicted molar refractivity (Wildman–Crippen MR) is 64.0 cm³/mol. The first kappa shape index (κ1) is 12.4. The van der Waals surface area contributed by atoms with Gasteiger partial charge in [0, 0.05) is 30.4 Å². The van der Waals surface area contributed by atoms with E-state index in [1.54, 1.807) is 18.3 Å². The Hall–Kier alpha value is -2.01.